The fraction of sp³-hybridized carbons (Fsp3) is 0.0500. The minimum absolute atomic E-state index is 0.149. The topological polar surface area (TPSA) is 96.5 Å². The van der Waals surface area contributed by atoms with Crippen molar-refractivity contribution in [1.82, 2.24) is 0 Å². The molecular formula is C20H16F3N3O4S. The zero-order valence-electron chi connectivity index (χ0n) is 15.7. The van der Waals surface area contributed by atoms with E-state index >= 15 is 0 Å². The van der Waals surface area contributed by atoms with Gasteiger partial charge in [0.05, 0.1) is 4.90 Å². The molecule has 7 nitrogen and oxygen atoms in total. The lowest BCUT2D eigenvalue weighted by molar-refractivity contribution is -0.274. The highest BCUT2D eigenvalue weighted by Gasteiger charge is 2.31. The molecule has 11 heteroatoms. The number of benzene rings is 3. The van der Waals surface area contributed by atoms with Gasteiger partial charge in [0.15, 0.2) is 0 Å². The summed E-state index contributed by atoms with van der Waals surface area (Å²) in [6.45, 7) is 0. The first kappa shape index (κ1) is 22.0. The summed E-state index contributed by atoms with van der Waals surface area (Å²) in [7, 11) is -4.17. The molecule has 0 saturated heterocycles. The maximum absolute atomic E-state index is 12.5. The maximum Gasteiger partial charge on any atom is 0.573 e. The Labute approximate surface area is 175 Å². The van der Waals surface area contributed by atoms with E-state index in [2.05, 4.69) is 20.1 Å². The standard InChI is InChI=1S/C20H16F3N3O4S/c21-20(22,23)30-17-7-4-8-18(13-17)31(28,29)26-16-11-9-15(10-12-16)25-19(27)24-14-5-2-1-3-6-14/h1-13,26H,(H2,24,25,27). The highest BCUT2D eigenvalue weighted by Crippen LogP contribution is 2.26. The number of hydrogen-bond acceptors (Lipinski definition) is 4. The number of carbonyl (C=O) groups is 1. The van der Waals surface area contributed by atoms with Crippen molar-refractivity contribution in [2.24, 2.45) is 0 Å². The SMILES string of the molecule is O=C(Nc1ccccc1)Nc1ccc(NS(=O)(=O)c2cccc(OC(F)(F)F)c2)cc1. The van der Waals surface area contributed by atoms with Crippen LogP contribution >= 0.6 is 0 Å². The Kier molecular flexibility index (Phi) is 6.35. The Morgan fingerprint density at radius 3 is 1.97 bits per heavy atom. The van der Waals surface area contributed by atoms with Crippen molar-refractivity contribution in [1.29, 1.82) is 0 Å². The molecule has 0 bridgehead atoms. The Balaban J connectivity index is 1.65. The van der Waals surface area contributed by atoms with E-state index in [0.29, 0.717) is 11.4 Å². The summed E-state index contributed by atoms with van der Waals surface area (Å²) in [6.07, 6.45) is -4.94. The van der Waals surface area contributed by atoms with Gasteiger partial charge in [-0.1, -0.05) is 24.3 Å². The molecule has 3 aromatic carbocycles. The van der Waals surface area contributed by atoms with Gasteiger partial charge in [-0.15, -0.1) is 13.2 Å². The van der Waals surface area contributed by atoms with Crippen molar-refractivity contribution in [3.63, 3.8) is 0 Å². The van der Waals surface area contributed by atoms with Crippen LogP contribution in [0.1, 0.15) is 0 Å². The Bertz CT molecular complexity index is 1150. The Morgan fingerprint density at radius 1 is 0.774 bits per heavy atom. The van der Waals surface area contributed by atoms with Crippen LogP contribution in [0.3, 0.4) is 0 Å². The van der Waals surface area contributed by atoms with Crippen LogP contribution in [0.5, 0.6) is 5.75 Å². The van der Waals surface area contributed by atoms with Crippen molar-refractivity contribution < 1.29 is 31.1 Å². The lowest BCUT2D eigenvalue weighted by Gasteiger charge is -2.12. The molecule has 31 heavy (non-hydrogen) atoms. The summed E-state index contributed by atoms with van der Waals surface area (Å²) in [4.78, 5) is 11.6. The Hall–Kier alpha value is -3.73. The number of urea groups is 1. The van der Waals surface area contributed by atoms with E-state index in [1.807, 2.05) is 6.07 Å². The van der Waals surface area contributed by atoms with Gasteiger partial charge in [-0.2, -0.15) is 0 Å². The van der Waals surface area contributed by atoms with E-state index in [0.717, 1.165) is 24.3 Å². The van der Waals surface area contributed by atoms with Gasteiger partial charge in [0, 0.05) is 23.1 Å². The third kappa shape index (κ3) is 6.64. The normalized spacial score (nSPS) is 11.5. The van der Waals surface area contributed by atoms with Gasteiger partial charge < -0.3 is 15.4 Å². The highest BCUT2D eigenvalue weighted by molar-refractivity contribution is 7.92. The van der Waals surface area contributed by atoms with E-state index in [-0.39, 0.29) is 5.69 Å². The van der Waals surface area contributed by atoms with Gasteiger partial charge in [0.25, 0.3) is 10.0 Å². The van der Waals surface area contributed by atoms with Crippen LogP contribution in [0, 0.1) is 0 Å². The number of anilines is 3. The minimum Gasteiger partial charge on any atom is -0.406 e. The second-order valence-corrected chi connectivity index (χ2v) is 7.83. The number of nitrogens with one attached hydrogen (secondary N) is 3. The van der Waals surface area contributed by atoms with Crippen molar-refractivity contribution in [3.05, 3.63) is 78.9 Å². The van der Waals surface area contributed by atoms with Gasteiger partial charge in [-0.25, -0.2) is 13.2 Å². The van der Waals surface area contributed by atoms with E-state index in [4.69, 9.17) is 0 Å². The fourth-order valence-corrected chi connectivity index (χ4v) is 3.58. The summed E-state index contributed by atoms with van der Waals surface area (Å²) in [5, 5.41) is 5.22. The molecule has 0 saturated carbocycles. The molecule has 0 aromatic heterocycles. The van der Waals surface area contributed by atoms with Crippen LogP contribution in [0.15, 0.2) is 83.8 Å². The van der Waals surface area contributed by atoms with Crippen molar-refractivity contribution >= 4 is 33.1 Å². The maximum atomic E-state index is 12.5. The number of ether oxygens (including phenoxy) is 1. The second kappa shape index (κ2) is 8.96. The quantitative estimate of drug-likeness (QED) is 0.490. The van der Waals surface area contributed by atoms with Crippen LogP contribution in [0.2, 0.25) is 0 Å². The number of alkyl halides is 3. The number of para-hydroxylation sites is 1. The molecule has 3 aromatic rings. The van der Waals surface area contributed by atoms with Gasteiger partial charge in [0.1, 0.15) is 5.75 Å². The largest absolute Gasteiger partial charge is 0.573 e. The smallest absolute Gasteiger partial charge is 0.406 e. The van der Waals surface area contributed by atoms with Gasteiger partial charge in [-0.3, -0.25) is 4.72 Å². The zero-order chi connectivity index (χ0) is 22.5. The van der Waals surface area contributed by atoms with E-state index < -0.39 is 33.1 Å². The number of rotatable bonds is 6. The lowest BCUT2D eigenvalue weighted by Crippen LogP contribution is -2.19. The molecule has 3 rings (SSSR count). The van der Waals surface area contributed by atoms with Gasteiger partial charge in [0.2, 0.25) is 0 Å². The van der Waals surface area contributed by atoms with E-state index in [1.165, 1.54) is 24.3 Å². The molecule has 0 fully saturated rings. The van der Waals surface area contributed by atoms with E-state index in [1.54, 1.807) is 24.3 Å². The molecule has 0 spiro atoms. The second-order valence-electron chi connectivity index (χ2n) is 6.15. The molecule has 3 N–H and O–H groups in total. The predicted octanol–water partition coefficient (Wildman–Crippen LogP) is 5.03. The molecule has 0 heterocycles. The Morgan fingerprint density at radius 2 is 1.35 bits per heavy atom. The zero-order valence-corrected chi connectivity index (χ0v) is 16.5. The summed E-state index contributed by atoms with van der Waals surface area (Å²) >= 11 is 0. The van der Waals surface area contributed by atoms with Crippen molar-refractivity contribution in [2.45, 2.75) is 11.3 Å². The first-order valence-electron chi connectivity index (χ1n) is 8.72. The number of amides is 2. The van der Waals surface area contributed by atoms with Crippen molar-refractivity contribution in [2.75, 3.05) is 15.4 Å². The molecular weight excluding hydrogens is 435 g/mol. The molecule has 0 radical (unpaired) electrons. The lowest BCUT2D eigenvalue weighted by atomic mass is 10.3. The molecule has 162 valence electrons. The van der Waals surface area contributed by atoms with Crippen molar-refractivity contribution in [3.8, 4) is 5.75 Å². The molecule has 0 aliphatic carbocycles. The summed E-state index contributed by atoms with van der Waals surface area (Å²) < 4.78 is 67.9. The third-order valence-electron chi connectivity index (χ3n) is 3.78. The first-order chi connectivity index (χ1) is 14.6. The summed E-state index contributed by atoms with van der Waals surface area (Å²) in [5.74, 6) is -0.653. The van der Waals surface area contributed by atoms with Crippen LogP contribution in [0.25, 0.3) is 0 Å². The molecule has 0 atom stereocenters. The molecule has 2 amide bonds. The van der Waals surface area contributed by atoms with Crippen LogP contribution in [-0.2, 0) is 10.0 Å². The molecule has 0 aliphatic heterocycles. The van der Waals surface area contributed by atoms with Gasteiger partial charge in [-0.05, 0) is 48.5 Å². The minimum atomic E-state index is -4.94. The molecule has 0 unspecified atom stereocenters. The number of halogens is 3. The predicted molar refractivity (Wildman–Crippen MR) is 109 cm³/mol. The number of hydrogen-bond donors (Lipinski definition) is 3. The molecule has 0 aliphatic rings. The summed E-state index contributed by atoms with van der Waals surface area (Å²) in [5.41, 5.74) is 1.15. The fourth-order valence-electron chi connectivity index (χ4n) is 2.49. The first-order valence-corrected chi connectivity index (χ1v) is 10.2. The summed E-state index contributed by atoms with van der Waals surface area (Å²) in [6, 6.07) is 18.0. The van der Waals surface area contributed by atoms with E-state index in [9.17, 15) is 26.4 Å². The van der Waals surface area contributed by atoms with Crippen LogP contribution in [0.4, 0.5) is 35.0 Å². The third-order valence-corrected chi connectivity index (χ3v) is 5.15. The van der Waals surface area contributed by atoms with Crippen LogP contribution in [-0.4, -0.2) is 20.8 Å². The average Bonchev–Trinajstić information content (AvgIpc) is 2.69. The number of sulfonamides is 1. The monoisotopic (exact) mass is 451 g/mol. The average molecular weight is 451 g/mol. The highest BCUT2D eigenvalue weighted by atomic mass is 32.2. The van der Waals surface area contributed by atoms with Gasteiger partial charge >= 0.3 is 12.4 Å². The van der Waals surface area contributed by atoms with Crippen LogP contribution < -0.4 is 20.1 Å². The number of carbonyl (C=O) groups excluding carboxylic acids is 1.